The van der Waals surface area contributed by atoms with Gasteiger partial charge in [-0.15, -0.1) is 12.4 Å². The molecule has 2 atom stereocenters. The maximum Gasteiger partial charge on any atom is 0.220 e. The van der Waals surface area contributed by atoms with Gasteiger partial charge in [0, 0.05) is 36.7 Å². The maximum atomic E-state index is 12.1. The first-order valence-corrected chi connectivity index (χ1v) is 9.05. The SMILES string of the molecule is COc1cc(OC)cc(OCCNC(=O)CC2CC3CCC(C2)N3)c1.Cl. The highest BCUT2D eigenvalue weighted by molar-refractivity contribution is 5.85. The first-order chi connectivity index (χ1) is 12.2. The molecule has 1 amide bonds. The van der Waals surface area contributed by atoms with Gasteiger partial charge >= 0.3 is 0 Å². The summed E-state index contributed by atoms with van der Waals surface area (Å²) in [6.07, 6.45) is 5.41. The Hall–Kier alpha value is -1.66. The molecule has 2 saturated heterocycles. The fourth-order valence-electron chi connectivity index (χ4n) is 3.90. The van der Waals surface area contributed by atoms with Gasteiger partial charge in [0.05, 0.1) is 20.8 Å². The number of ether oxygens (including phenoxy) is 3. The van der Waals surface area contributed by atoms with Gasteiger partial charge < -0.3 is 24.8 Å². The second-order valence-electron chi connectivity index (χ2n) is 6.93. The lowest BCUT2D eigenvalue weighted by molar-refractivity contribution is -0.122. The molecule has 2 N–H and O–H groups in total. The predicted molar refractivity (Wildman–Crippen MR) is 103 cm³/mol. The highest BCUT2D eigenvalue weighted by Gasteiger charge is 2.34. The molecule has 1 aromatic rings. The minimum Gasteiger partial charge on any atom is -0.496 e. The number of carbonyl (C=O) groups excluding carboxylic acids is 1. The van der Waals surface area contributed by atoms with Crippen molar-refractivity contribution in [2.45, 2.75) is 44.2 Å². The molecule has 7 heteroatoms. The quantitative estimate of drug-likeness (QED) is 0.674. The average molecular weight is 385 g/mol. The predicted octanol–water partition coefficient (Wildman–Crippen LogP) is 2.54. The van der Waals surface area contributed by atoms with Crippen molar-refractivity contribution in [3.05, 3.63) is 18.2 Å². The summed E-state index contributed by atoms with van der Waals surface area (Å²) in [7, 11) is 3.21. The molecule has 0 aliphatic carbocycles. The van der Waals surface area contributed by atoms with Crippen molar-refractivity contribution < 1.29 is 19.0 Å². The number of amides is 1. The van der Waals surface area contributed by atoms with Crippen LogP contribution in [0.25, 0.3) is 0 Å². The highest BCUT2D eigenvalue weighted by Crippen LogP contribution is 2.32. The molecule has 1 aromatic carbocycles. The van der Waals surface area contributed by atoms with Crippen molar-refractivity contribution in [1.29, 1.82) is 0 Å². The fourth-order valence-corrected chi connectivity index (χ4v) is 3.90. The Morgan fingerprint density at radius 2 is 1.65 bits per heavy atom. The summed E-state index contributed by atoms with van der Waals surface area (Å²) in [5.74, 6) is 2.67. The topological polar surface area (TPSA) is 68.8 Å². The van der Waals surface area contributed by atoms with Gasteiger partial charge in [-0.05, 0) is 31.6 Å². The number of halogens is 1. The van der Waals surface area contributed by atoms with Gasteiger partial charge in [0.1, 0.15) is 23.9 Å². The van der Waals surface area contributed by atoms with E-state index in [4.69, 9.17) is 14.2 Å². The summed E-state index contributed by atoms with van der Waals surface area (Å²) < 4.78 is 16.1. The smallest absolute Gasteiger partial charge is 0.220 e. The van der Waals surface area contributed by atoms with Crippen molar-refractivity contribution in [2.24, 2.45) is 5.92 Å². The van der Waals surface area contributed by atoms with Gasteiger partial charge in [-0.3, -0.25) is 4.79 Å². The molecule has 146 valence electrons. The third-order valence-electron chi connectivity index (χ3n) is 5.06. The molecular formula is C19H29ClN2O4. The van der Waals surface area contributed by atoms with E-state index in [0.29, 0.717) is 54.8 Å². The zero-order valence-electron chi connectivity index (χ0n) is 15.5. The van der Waals surface area contributed by atoms with Gasteiger partial charge in [-0.2, -0.15) is 0 Å². The first-order valence-electron chi connectivity index (χ1n) is 9.05. The Morgan fingerprint density at radius 3 is 2.23 bits per heavy atom. The lowest BCUT2D eigenvalue weighted by Crippen LogP contribution is -2.40. The van der Waals surface area contributed by atoms with E-state index in [1.54, 1.807) is 32.4 Å². The molecule has 2 fully saturated rings. The highest BCUT2D eigenvalue weighted by atomic mass is 35.5. The van der Waals surface area contributed by atoms with E-state index in [-0.39, 0.29) is 18.3 Å². The minimum absolute atomic E-state index is 0. The fraction of sp³-hybridized carbons (Fsp3) is 0.632. The maximum absolute atomic E-state index is 12.1. The van der Waals surface area contributed by atoms with Crippen LogP contribution in [-0.4, -0.2) is 45.4 Å². The van der Waals surface area contributed by atoms with Crippen molar-refractivity contribution in [3.63, 3.8) is 0 Å². The van der Waals surface area contributed by atoms with E-state index in [0.717, 1.165) is 12.8 Å². The number of hydrogen-bond acceptors (Lipinski definition) is 5. The normalized spacial score (nSPS) is 23.7. The van der Waals surface area contributed by atoms with Crippen LogP contribution in [0, 0.1) is 5.92 Å². The Balaban J connectivity index is 0.00000243. The Kier molecular flexibility index (Phi) is 7.85. The summed E-state index contributed by atoms with van der Waals surface area (Å²) in [4.78, 5) is 12.1. The standard InChI is InChI=1S/C19H28N2O4.ClH/c1-23-16-10-17(24-2)12-18(11-16)25-6-5-20-19(22)9-13-7-14-3-4-15(8-13)21-14;/h10-15,21H,3-9H2,1-2H3,(H,20,22);1H. The molecular weight excluding hydrogens is 356 g/mol. The van der Waals surface area contributed by atoms with E-state index >= 15 is 0 Å². The molecule has 3 rings (SSSR count). The molecule has 2 aliphatic rings. The van der Waals surface area contributed by atoms with E-state index in [1.165, 1.54) is 12.8 Å². The second kappa shape index (κ2) is 9.88. The minimum atomic E-state index is 0. The van der Waals surface area contributed by atoms with E-state index in [9.17, 15) is 4.79 Å². The van der Waals surface area contributed by atoms with Gasteiger partial charge in [-0.1, -0.05) is 0 Å². The number of fused-ring (bicyclic) bond motifs is 2. The van der Waals surface area contributed by atoms with Crippen LogP contribution >= 0.6 is 12.4 Å². The summed E-state index contributed by atoms with van der Waals surface area (Å²) in [5.41, 5.74) is 0. The van der Waals surface area contributed by atoms with Crippen LogP contribution in [0.15, 0.2) is 18.2 Å². The lowest BCUT2D eigenvalue weighted by atomic mass is 9.89. The van der Waals surface area contributed by atoms with Gasteiger partial charge in [0.15, 0.2) is 0 Å². The van der Waals surface area contributed by atoms with Crippen LogP contribution in [0.5, 0.6) is 17.2 Å². The largest absolute Gasteiger partial charge is 0.496 e. The van der Waals surface area contributed by atoms with Gasteiger partial charge in [0.25, 0.3) is 0 Å². The summed E-state index contributed by atoms with van der Waals surface area (Å²) in [5, 5.41) is 6.57. The number of benzene rings is 1. The Labute approximate surface area is 161 Å². The number of nitrogens with one attached hydrogen (secondary N) is 2. The summed E-state index contributed by atoms with van der Waals surface area (Å²) >= 11 is 0. The third-order valence-corrected chi connectivity index (χ3v) is 5.06. The number of hydrogen-bond donors (Lipinski definition) is 2. The van der Waals surface area contributed by atoms with Crippen molar-refractivity contribution in [3.8, 4) is 17.2 Å². The molecule has 2 bridgehead atoms. The van der Waals surface area contributed by atoms with Crippen molar-refractivity contribution in [1.82, 2.24) is 10.6 Å². The monoisotopic (exact) mass is 384 g/mol. The van der Waals surface area contributed by atoms with Crippen LogP contribution < -0.4 is 24.8 Å². The lowest BCUT2D eigenvalue weighted by Gasteiger charge is -2.28. The molecule has 6 nitrogen and oxygen atoms in total. The average Bonchev–Trinajstić information content (AvgIpc) is 2.96. The molecule has 2 heterocycles. The van der Waals surface area contributed by atoms with Gasteiger partial charge in [-0.25, -0.2) is 0 Å². The molecule has 0 radical (unpaired) electrons. The molecule has 2 aliphatic heterocycles. The van der Waals surface area contributed by atoms with Crippen LogP contribution in [0.4, 0.5) is 0 Å². The molecule has 0 spiro atoms. The second-order valence-corrected chi connectivity index (χ2v) is 6.93. The number of carbonyl (C=O) groups is 1. The molecule has 0 saturated carbocycles. The molecule has 26 heavy (non-hydrogen) atoms. The summed E-state index contributed by atoms with van der Waals surface area (Å²) in [6, 6.07) is 6.65. The first kappa shape index (κ1) is 20.6. The number of piperidine rings is 1. The van der Waals surface area contributed by atoms with Crippen LogP contribution in [0.2, 0.25) is 0 Å². The van der Waals surface area contributed by atoms with Crippen LogP contribution in [-0.2, 0) is 4.79 Å². The van der Waals surface area contributed by atoms with E-state index in [1.807, 2.05) is 0 Å². The van der Waals surface area contributed by atoms with E-state index in [2.05, 4.69) is 10.6 Å². The Morgan fingerprint density at radius 1 is 1.08 bits per heavy atom. The van der Waals surface area contributed by atoms with Crippen LogP contribution in [0.3, 0.4) is 0 Å². The Bertz CT molecular complexity index is 565. The van der Waals surface area contributed by atoms with Crippen molar-refractivity contribution >= 4 is 18.3 Å². The number of methoxy groups -OCH3 is 2. The number of rotatable bonds is 8. The van der Waals surface area contributed by atoms with Crippen molar-refractivity contribution in [2.75, 3.05) is 27.4 Å². The van der Waals surface area contributed by atoms with E-state index < -0.39 is 0 Å². The molecule has 2 unspecified atom stereocenters. The van der Waals surface area contributed by atoms with Gasteiger partial charge in [0.2, 0.25) is 5.91 Å². The van der Waals surface area contributed by atoms with Crippen LogP contribution in [0.1, 0.15) is 32.1 Å². The third kappa shape index (κ3) is 5.68. The molecule has 0 aromatic heterocycles. The summed E-state index contributed by atoms with van der Waals surface area (Å²) in [6.45, 7) is 0.912. The zero-order chi connectivity index (χ0) is 17.6. The zero-order valence-corrected chi connectivity index (χ0v) is 16.3.